The number of hydrogen-bond donors (Lipinski definition) is 3. The molecule has 0 spiro atoms. The van der Waals surface area contributed by atoms with Crippen LogP contribution in [-0.2, 0) is 11.2 Å². The average Bonchev–Trinajstić information content (AvgIpc) is 2.70. The molecule has 0 amide bonds. The first-order chi connectivity index (χ1) is 9.49. The molecule has 0 radical (unpaired) electrons. The first kappa shape index (κ1) is 15.7. The van der Waals surface area contributed by atoms with Crippen molar-refractivity contribution in [3.05, 3.63) is 32.6 Å². The summed E-state index contributed by atoms with van der Waals surface area (Å²) in [7, 11) is 0. The Morgan fingerprint density at radius 2 is 2.20 bits per heavy atom. The molecular formula is C12H17IN2O5. The van der Waals surface area contributed by atoms with Crippen LogP contribution in [0.2, 0.25) is 0 Å². The molecule has 20 heavy (non-hydrogen) atoms. The average molecular weight is 396 g/mol. The van der Waals surface area contributed by atoms with Crippen molar-refractivity contribution in [2.75, 3.05) is 6.61 Å². The van der Waals surface area contributed by atoms with Gasteiger partial charge in [-0.15, -0.1) is 0 Å². The van der Waals surface area contributed by atoms with E-state index in [4.69, 9.17) is 4.74 Å². The van der Waals surface area contributed by atoms with Crippen LogP contribution < -0.4 is 11.2 Å². The van der Waals surface area contributed by atoms with Crippen LogP contribution in [0.1, 0.15) is 25.1 Å². The molecule has 4 atom stereocenters. The molecule has 1 saturated heterocycles. The van der Waals surface area contributed by atoms with Gasteiger partial charge in [0.25, 0.3) is 5.56 Å². The molecule has 2 rings (SSSR count). The van der Waals surface area contributed by atoms with Crippen LogP contribution >= 0.6 is 22.6 Å². The lowest BCUT2D eigenvalue weighted by Gasteiger charge is -2.18. The fourth-order valence-electron chi connectivity index (χ4n) is 2.25. The number of rotatable bonds is 4. The molecule has 0 aromatic carbocycles. The Morgan fingerprint density at radius 3 is 2.75 bits per heavy atom. The van der Waals surface area contributed by atoms with E-state index in [1.165, 1.54) is 10.8 Å². The van der Waals surface area contributed by atoms with E-state index in [1.807, 2.05) is 29.5 Å². The van der Waals surface area contributed by atoms with Gasteiger partial charge in [-0.3, -0.25) is 14.3 Å². The van der Waals surface area contributed by atoms with Gasteiger partial charge in [0, 0.05) is 11.8 Å². The van der Waals surface area contributed by atoms with E-state index < -0.39 is 29.7 Å². The third kappa shape index (κ3) is 2.83. The highest BCUT2D eigenvalue weighted by Gasteiger charge is 2.43. The summed E-state index contributed by atoms with van der Waals surface area (Å²) in [5.41, 5.74) is -0.563. The monoisotopic (exact) mass is 396 g/mol. The second-order valence-corrected chi connectivity index (χ2v) is 6.19. The van der Waals surface area contributed by atoms with Crippen molar-refractivity contribution in [3.63, 3.8) is 0 Å². The van der Waals surface area contributed by atoms with Crippen molar-refractivity contribution in [2.24, 2.45) is 0 Å². The highest BCUT2D eigenvalue weighted by molar-refractivity contribution is 14.1. The molecule has 1 aromatic heterocycles. The van der Waals surface area contributed by atoms with Gasteiger partial charge >= 0.3 is 5.69 Å². The molecule has 1 aliphatic heterocycles. The summed E-state index contributed by atoms with van der Waals surface area (Å²) in [4.78, 5) is 25.8. The fraction of sp³-hybridized carbons (Fsp3) is 0.667. The maximum absolute atomic E-state index is 11.9. The lowest BCUT2D eigenvalue weighted by Crippen LogP contribution is -2.37. The van der Waals surface area contributed by atoms with Crippen molar-refractivity contribution < 1.29 is 14.9 Å². The Balaban J connectivity index is 2.40. The number of H-pyrrole nitrogens is 1. The van der Waals surface area contributed by atoms with Crippen LogP contribution in [0.25, 0.3) is 0 Å². The van der Waals surface area contributed by atoms with Gasteiger partial charge in [0.1, 0.15) is 6.10 Å². The zero-order valence-electron chi connectivity index (χ0n) is 11.0. The van der Waals surface area contributed by atoms with E-state index in [2.05, 4.69) is 4.98 Å². The molecule has 1 aromatic rings. The summed E-state index contributed by atoms with van der Waals surface area (Å²) in [6, 6.07) is 0. The number of halogens is 1. The van der Waals surface area contributed by atoms with Gasteiger partial charge in [-0.2, -0.15) is 0 Å². The highest BCUT2D eigenvalue weighted by Crippen LogP contribution is 2.33. The van der Waals surface area contributed by atoms with E-state index in [-0.39, 0.29) is 10.5 Å². The zero-order chi connectivity index (χ0) is 14.9. The third-order valence-electron chi connectivity index (χ3n) is 3.30. The van der Waals surface area contributed by atoms with Gasteiger partial charge in [0.2, 0.25) is 0 Å². The smallest absolute Gasteiger partial charge is 0.330 e. The van der Waals surface area contributed by atoms with Crippen molar-refractivity contribution in [3.8, 4) is 0 Å². The molecule has 1 aliphatic rings. The van der Waals surface area contributed by atoms with E-state index in [0.29, 0.717) is 12.0 Å². The van der Waals surface area contributed by atoms with Gasteiger partial charge in [0.05, 0.1) is 16.6 Å². The van der Waals surface area contributed by atoms with Gasteiger partial charge in [0.15, 0.2) is 6.23 Å². The lowest BCUT2D eigenvalue weighted by molar-refractivity contribution is -0.0531. The molecule has 8 heteroatoms. The van der Waals surface area contributed by atoms with Gasteiger partial charge in [-0.05, 0) is 6.42 Å². The van der Waals surface area contributed by atoms with Crippen LogP contribution in [0, 0.1) is 0 Å². The first-order valence-electron chi connectivity index (χ1n) is 6.42. The summed E-state index contributed by atoms with van der Waals surface area (Å²) in [6.07, 6.45) is 0.379. The van der Waals surface area contributed by atoms with Crippen LogP contribution in [0.15, 0.2) is 15.8 Å². The second-order valence-electron chi connectivity index (χ2n) is 4.75. The van der Waals surface area contributed by atoms with E-state index in [0.717, 1.165) is 6.42 Å². The van der Waals surface area contributed by atoms with Crippen LogP contribution in [0.5, 0.6) is 0 Å². The number of aryl methyl sites for hydroxylation is 1. The fourth-order valence-corrected chi connectivity index (χ4v) is 3.00. The van der Waals surface area contributed by atoms with Crippen LogP contribution in [-0.4, -0.2) is 42.5 Å². The van der Waals surface area contributed by atoms with Crippen molar-refractivity contribution in [2.45, 2.75) is 42.1 Å². The van der Waals surface area contributed by atoms with E-state index in [1.54, 1.807) is 0 Å². The summed E-state index contributed by atoms with van der Waals surface area (Å²) < 4.78 is 6.38. The summed E-state index contributed by atoms with van der Waals surface area (Å²) in [5, 5.41) is 19.3. The number of alkyl halides is 1. The van der Waals surface area contributed by atoms with Gasteiger partial charge in [-0.25, -0.2) is 4.79 Å². The zero-order valence-corrected chi connectivity index (χ0v) is 13.1. The number of aromatic amines is 1. The van der Waals surface area contributed by atoms with Crippen LogP contribution in [0.4, 0.5) is 0 Å². The van der Waals surface area contributed by atoms with Gasteiger partial charge in [-0.1, -0.05) is 35.9 Å². The Bertz CT molecular complexity index is 584. The topological polar surface area (TPSA) is 105 Å². The Morgan fingerprint density at radius 1 is 1.50 bits per heavy atom. The number of aliphatic hydroxyl groups is 2. The van der Waals surface area contributed by atoms with E-state index >= 15 is 0 Å². The van der Waals surface area contributed by atoms with Crippen molar-refractivity contribution in [1.82, 2.24) is 9.55 Å². The number of nitrogens with zero attached hydrogens (tertiary/aromatic N) is 1. The summed E-state index contributed by atoms with van der Waals surface area (Å²) in [5.74, 6) is 0. The maximum atomic E-state index is 11.9. The lowest BCUT2D eigenvalue weighted by atomic mass is 10.2. The molecule has 3 N–H and O–H groups in total. The molecule has 0 unspecified atom stereocenters. The number of ether oxygens (including phenoxy) is 1. The Kier molecular flexibility index (Phi) is 4.99. The highest BCUT2D eigenvalue weighted by atomic mass is 127. The molecule has 0 saturated carbocycles. The largest absolute Gasteiger partial charge is 0.394 e. The SMILES string of the molecule is CCCc1cn([C@@H]2O[C@H](CO)[C@@H](I)[C@H]2O)c(=O)[nH]c1=O. The summed E-state index contributed by atoms with van der Waals surface area (Å²) >= 11 is 1.98. The number of nitrogens with one attached hydrogen (secondary N) is 1. The molecule has 7 nitrogen and oxygen atoms in total. The molecule has 2 heterocycles. The van der Waals surface area contributed by atoms with Crippen LogP contribution in [0.3, 0.4) is 0 Å². The van der Waals surface area contributed by atoms with Crippen molar-refractivity contribution in [1.29, 1.82) is 0 Å². The molecule has 112 valence electrons. The number of aromatic nitrogens is 2. The quantitative estimate of drug-likeness (QED) is 0.472. The maximum Gasteiger partial charge on any atom is 0.330 e. The normalized spacial score (nSPS) is 29.8. The predicted octanol–water partition coefficient (Wildman–Crippen LogP) is -0.457. The molecule has 0 aliphatic carbocycles. The minimum Gasteiger partial charge on any atom is -0.394 e. The molecule has 1 fully saturated rings. The minimum atomic E-state index is -0.925. The molecular weight excluding hydrogens is 379 g/mol. The Hall–Kier alpha value is -0.710. The third-order valence-corrected chi connectivity index (χ3v) is 4.84. The van der Waals surface area contributed by atoms with E-state index in [9.17, 15) is 19.8 Å². The first-order valence-corrected chi connectivity index (χ1v) is 7.67. The standard InChI is InChI=1S/C12H17IN2O5/c1-2-3-6-4-15(12(19)14-10(6)18)11-9(17)8(13)7(5-16)20-11/h4,7-9,11,16-17H,2-3,5H2,1H3,(H,14,18,19)/t7-,8-,9-,11-/m1/s1. The summed E-state index contributed by atoms with van der Waals surface area (Å²) in [6.45, 7) is 1.69. The van der Waals surface area contributed by atoms with Crippen molar-refractivity contribution >= 4 is 22.6 Å². The predicted molar refractivity (Wildman–Crippen MR) is 80.1 cm³/mol. The molecule has 0 bridgehead atoms. The number of aliphatic hydroxyl groups excluding tert-OH is 2. The number of hydrogen-bond acceptors (Lipinski definition) is 5. The Labute approximate surface area is 128 Å². The second kappa shape index (κ2) is 6.37. The van der Waals surface area contributed by atoms with Gasteiger partial charge < -0.3 is 14.9 Å². The minimum absolute atomic E-state index is 0.235.